The maximum absolute atomic E-state index is 6.14. The Kier molecular flexibility index (Phi) is 3.80. The zero-order valence-corrected chi connectivity index (χ0v) is 14.6. The highest BCUT2D eigenvalue weighted by Crippen LogP contribution is 2.30. The van der Waals surface area contributed by atoms with Crippen molar-refractivity contribution < 1.29 is 0 Å². The molecule has 0 saturated carbocycles. The molecule has 3 aromatic rings. The van der Waals surface area contributed by atoms with E-state index < -0.39 is 0 Å². The Labute approximate surface area is 137 Å². The Morgan fingerprint density at radius 1 is 1.10 bits per heavy atom. The second-order valence-electron chi connectivity index (χ2n) is 5.38. The van der Waals surface area contributed by atoms with Crippen LogP contribution in [0.5, 0.6) is 0 Å². The van der Waals surface area contributed by atoms with E-state index in [4.69, 9.17) is 11.6 Å². The van der Waals surface area contributed by atoms with Crippen LogP contribution in [0, 0.1) is 20.8 Å². The molecule has 0 saturated heterocycles. The lowest BCUT2D eigenvalue weighted by Gasteiger charge is -2.15. The van der Waals surface area contributed by atoms with Gasteiger partial charge in [0.15, 0.2) is 0 Å². The summed E-state index contributed by atoms with van der Waals surface area (Å²) in [5.74, 6) is 1.27. The largest absolute Gasteiger partial charge is 0.295 e. The zero-order valence-electron chi connectivity index (χ0n) is 12.2. The molecule has 0 aliphatic carbocycles. The summed E-state index contributed by atoms with van der Waals surface area (Å²) in [5, 5.41) is 0. The number of rotatable bonds is 2. The summed E-state index contributed by atoms with van der Waals surface area (Å²) in [7, 11) is 0. The van der Waals surface area contributed by atoms with Gasteiger partial charge in [0.25, 0.3) is 0 Å². The average Bonchev–Trinajstić information content (AvgIpc) is 2.76. The van der Waals surface area contributed by atoms with Gasteiger partial charge in [-0.1, -0.05) is 22.0 Å². The van der Waals surface area contributed by atoms with Crippen LogP contribution < -0.4 is 0 Å². The maximum Gasteiger partial charge on any atom is 0.129 e. The summed E-state index contributed by atoms with van der Waals surface area (Å²) < 4.78 is 3.28. The molecule has 0 aliphatic heterocycles. The number of halogens is 2. The number of aryl methyl sites for hydroxylation is 3. The molecule has 0 aliphatic rings. The first-order chi connectivity index (χ1) is 10.0. The lowest BCUT2D eigenvalue weighted by molar-refractivity contribution is 0.961. The fraction of sp³-hybridized carbons (Fsp3) is 0.235. The van der Waals surface area contributed by atoms with Crippen molar-refractivity contribution in [1.29, 1.82) is 0 Å². The third-order valence-corrected chi connectivity index (χ3v) is 4.38. The quantitative estimate of drug-likeness (QED) is 0.553. The predicted octanol–water partition coefficient (Wildman–Crippen LogP) is 5.45. The van der Waals surface area contributed by atoms with Crippen LogP contribution in [0.25, 0.3) is 16.7 Å². The molecule has 4 heteroatoms. The number of fused-ring (bicyclic) bond motifs is 1. The molecule has 0 radical (unpaired) electrons. The number of hydrogen-bond donors (Lipinski definition) is 0. The van der Waals surface area contributed by atoms with Crippen LogP contribution >= 0.6 is 27.5 Å². The van der Waals surface area contributed by atoms with Gasteiger partial charge in [0.1, 0.15) is 5.82 Å². The summed E-state index contributed by atoms with van der Waals surface area (Å²) in [6.45, 7) is 6.33. The van der Waals surface area contributed by atoms with Gasteiger partial charge in [-0.15, -0.1) is 11.6 Å². The van der Waals surface area contributed by atoms with Gasteiger partial charge in [-0.2, -0.15) is 0 Å². The Hall–Kier alpha value is -1.32. The van der Waals surface area contributed by atoms with E-state index in [2.05, 4.69) is 76.6 Å². The van der Waals surface area contributed by atoms with Crippen LogP contribution in [0.2, 0.25) is 0 Å². The van der Waals surface area contributed by atoms with E-state index in [1.807, 2.05) is 0 Å². The first kappa shape index (κ1) is 14.6. The number of imidazole rings is 1. The van der Waals surface area contributed by atoms with Crippen LogP contribution in [0.3, 0.4) is 0 Å². The Bertz CT molecular complexity index is 813. The van der Waals surface area contributed by atoms with Crippen molar-refractivity contribution in [3.8, 4) is 5.69 Å². The minimum atomic E-state index is 0.392. The molecule has 0 bridgehead atoms. The lowest BCUT2D eigenvalue weighted by Crippen LogP contribution is -2.04. The molecule has 2 nitrogen and oxygen atoms in total. The van der Waals surface area contributed by atoms with Crippen molar-refractivity contribution >= 4 is 38.6 Å². The van der Waals surface area contributed by atoms with Crippen molar-refractivity contribution in [2.45, 2.75) is 26.7 Å². The topological polar surface area (TPSA) is 17.8 Å². The molecule has 0 fully saturated rings. The highest BCUT2D eigenvalue weighted by atomic mass is 79.9. The van der Waals surface area contributed by atoms with E-state index in [9.17, 15) is 0 Å². The first-order valence-electron chi connectivity index (χ1n) is 6.82. The standard InChI is InChI=1S/C17H16BrClN2/c1-10-4-5-14-15(6-10)21(16(9-19)20-14)17-11(2)7-13(18)8-12(17)3/h4-8H,9H2,1-3H3. The molecule has 108 valence electrons. The molecule has 0 N–H and O–H groups in total. The third kappa shape index (κ3) is 2.49. The zero-order chi connectivity index (χ0) is 15.1. The van der Waals surface area contributed by atoms with E-state index in [-0.39, 0.29) is 0 Å². The molecule has 0 spiro atoms. The van der Waals surface area contributed by atoms with Crippen molar-refractivity contribution in [3.05, 3.63) is 57.3 Å². The van der Waals surface area contributed by atoms with Gasteiger partial charge < -0.3 is 0 Å². The minimum Gasteiger partial charge on any atom is -0.295 e. The number of aromatic nitrogens is 2. The van der Waals surface area contributed by atoms with E-state index in [1.54, 1.807) is 0 Å². The molecule has 21 heavy (non-hydrogen) atoms. The van der Waals surface area contributed by atoms with E-state index in [0.717, 1.165) is 21.3 Å². The summed E-state index contributed by atoms with van der Waals surface area (Å²) in [6.07, 6.45) is 0. The molecular weight excluding hydrogens is 348 g/mol. The monoisotopic (exact) mass is 362 g/mol. The second-order valence-corrected chi connectivity index (χ2v) is 6.56. The Morgan fingerprint density at radius 3 is 2.38 bits per heavy atom. The summed E-state index contributed by atoms with van der Waals surface area (Å²) in [5.41, 5.74) is 6.89. The molecule has 1 heterocycles. The van der Waals surface area contributed by atoms with Crippen molar-refractivity contribution in [3.63, 3.8) is 0 Å². The highest BCUT2D eigenvalue weighted by molar-refractivity contribution is 9.10. The van der Waals surface area contributed by atoms with Gasteiger partial charge in [0.05, 0.1) is 22.6 Å². The van der Waals surface area contributed by atoms with Gasteiger partial charge in [-0.25, -0.2) is 4.98 Å². The number of nitrogens with zero attached hydrogens (tertiary/aromatic N) is 2. The fourth-order valence-electron chi connectivity index (χ4n) is 2.83. The molecule has 0 unspecified atom stereocenters. The smallest absolute Gasteiger partial charge is 0.129 e. The van der Waals surface area contributed by atoms with Gasteiger partial charge >= 0.3 is 0 Å². The summed E-state index contributed by atoms with van der Waals surface area (Å²) >= 11 is 9.69. The van der Waals surface area contributed by atoms with Gasteiger partial charge in [0, 0.05) is 4.47 Å². The van der Waals surface area contributed by atoms with Gasteiger partial charge in [-0.05, 0) is 61.7 Å². The molecular formula is C17H16BrClN2. The van der Waals surface area contributed by atoms with Crippen LogP contribution in [-0.2, 0) is 5.88 Å². The normalized spacial score (nSPS) is 11.3. The van der Waals surface area contributed by atoms with Crippen LogP contribution in [-0.4, -0.2) is 9.55 Å². The minimum absolute atomic E-state index is 0.392. The van der Waals surface area contributed by atoms with Crippen LogP contribution in [0.4, 0.5) is 0 Å². The summed E-state index contributed by atoms with van der Waals surface area (Å²) in [6, 6.07) is 10.6. The van der Waals surface area contributed by atoms with E-state index in [1.165, 1.54) is 22.4 Å². The van der Waals surface area contributed by atoms with E-state index >= 15 is 0 Å². The van der Waals surface area contributed by atoms with E-state index in [0.29, 0.717) is 5.88 Å². The van der Waals surface area contributed by atoms with Crippen molar-refractivity contribution in [1.82, 2.24) is 9.55 Å². The maximum atomic E-state index is 6.14. The SMILES string of the molecule is Cc1ccc2nc(CCl)n(-c3c(C)cc(Br)cc3C)c2c1. The van der Waals surface area contributed by atoms with Crippen molar-refractivity contribution in [2.75, 3.05) is 0 Å². The molecule has 2 aromatic carbocycles. The molecule has 0 atom stereocenters. The average molecular weight is 364 g/mol. The van der Waals surface area contributed by atoms with Crippen molar-refractivity contribution in [2.24, 2.45) is 0 Å². The van der Waals surface area contributed by atoms with Gasteiger partial charge in [0.2, 0.25) is 0 Å². The molecule has 0 amide bonds. The Balaban J connectivity index is 2.41. The molecule has 1 aromatic heterocycles. The van der Waals surface area contributed by atoms with Crippen LogP contribution in [0.1, 0.15) is 22.5 Å². The van der Waals surface area contributed by atoms with Gasteiger partial charge in [-0.3, -0.25) is 4.57 Å². The Morgan fingerprint density at radius 2 is 1.76 bits per heavy atom. The number of alkyl halides is 1. The second kappa shape index (κ2) is 5.47. The number of hydrogen-bond acceptors (Lipinski definition) is 1. The van der Waals surface area contributed by atoms with Crippen LogP contribution in [0.15, 0.2) is 34.8 Å². The predicted molar refractivity (Wildman–Crippen MR) is 92.5 cm³/mol. The lowest BCUT2D eigenvalue weighted by atomic mass is 10.1. The third-order valence-electron chi connectivity index (χ3n) is 3.68. The first-order valence-corrected chi connectivity index (χ1v) is 8.15. The fourth-order valence-corrected chi connectivity index (χ4v) is 3.70. The molecule has 3 rings (SSSR count). The summed E-state index contributed by atoms with van der Waals surface area (Å²) in [4.78, 5) is 4.67. The highest BCUT2D eigenvalue weighted by Gasteiger charge is 2.15. The number of benzene rings is 2.